The highest BCUT2D eigenvalue weighted by molar-refractivity contribution is 5.55. The number of hydrogen-bond donors (Lipinski definition) is 1. The number of nitrogens with one attached hydrogen (secondary N) is 1. The zero-order chi connectivity index (χ0) is 13.8. The van der Waals surface area contributed by atoms with Crippen LogP contribution in [0.1, 0.15) is 5.56 Å². The van der Waals surface area contributed by atoms with Crippen molar-refractivity contribution in [2.24, 2.45) is 0 Å². The molecule has 0 saturated carbocycles. The van der Waals surface area contributed by atoms with E-state index in [4.69, 9.17) is 14.2 Å². The number of rotatable bonds is 5. The summed E-state index contributed by atoms with van der Waals surface area (Å²) in [6.45, 7) is 3.70. The summed E-state index contributed by atoms with van der Waals surface area (Å²) in [6.07, 6.45) is 0. The van der Waals surface area contributed by atoms with Crippen LogP contribution in [0.2, 0.25) is 0 Å². The Balaban J connectivity index is 1.47. The molecule has 1 N–H and O–H groups in total. The third-order valence-electron chi connectivity index (χ3n) is 3.09. The summed E-state index contributed by atoms with van der Waals surface area (Å²) in [5, 5.41) is 3.30. The minimum absolute atomic E-state index is 0.301. The topological polar surface area (TPSA) is 39.7 Å². The summed E-state index contributed by atoms with van der Waals surface area (Å²) < 4.78 is 16.3. The molecule has 0 amide bonds. The van der Waals surface area contributed by atoms with Gasteiger partial charge >= 0.3 is 0 Å². The maximum atomic E-state index is 5.66. The van der Waals surface area contributed by atoms with Gasteiger partial charge in [-0.25, -0.2) is 0 Å². The molecule has 1 aliphatic rings. The van der Waals surface area contributed by atoms with E-state index in [-0.39, 0.29) is 0 Å². The fourth-order valence-corrected chi connectivity index (χ4v) is 2.01. The monoisotopic (exact) mass is 271 g/mol. The normalized spacial score (nSPS) is 12.2. The molecule has 0 aromatic heterocycles. The standard InChI is InChI=1S/C16H17NO3/c1-12-2-5-14(6-3-12)18-9-8-17-13-4-7-15-16(10-13)20-11-19-15/h2-7,10,17H,8-9,11H2,1H3. The van der Waals surface area contributed by atoms with Gasteiger partial charge in [0.2, 0.25) is 6.79 Å². The van der Waals surface area contributed by atoms with Crippen molar-refractivity contribution in [3.63, 3.8) is 0 Å². The van der Waals surface area contributed by atoms with Crippen molar-refractivity contribution in [2.45, 2.75) is 6.92 Å². The Morgan fingerprint density at radius 3 is 2.70 bits per heavy atom. The number of aryl methyl sites for hydroxylation is 1. The van der Waals surface area contributed by atoms with Crippen LogP contribution in [0.15, 0.2) is 42.5 Å². The van der Waals surface area contributed by atoms with Crippen molar-refractivity contribution in [1.29, 1.82) is 0 Å². The molecule has 0 bridgehead atoms. The fourth-order valence-electron chi connectivity index (χ4n) is 2.01. The molecular formula is C16H17NO3. The SMILES string of the molecule is Cc1ccc(OCCNc2ccc3c(c2)OCO3)cc1. The lowest BCUT2D eigenvalue weighted by molar-refractivity contribution is 0.174. The molecule has 4 heteroatoms. The molecular weight excluding hydrogens is 254 g/mol. The van der Waals surface area contributed by atoms with E-state index in [1.54, 1.807) is 0 Å². The Labute approximate surface area is 118 Å². The van der Waals surface area contributed by atoms with Gasteiger partial charge in [0, 0.05) is 18.3 Å². The van der Waals surface area contributed by atoms with Crippen molar-refractivity contribution in [3.8, 4) is 17.2 Å². The van der Waals surface area contributed by atoms with Gasteiger partial charge in [-0.15, -0.1) is 0 Å². The first-order valence-electron chi connectivity index (χ1n) is 6.64. The minimum Gasteiger partial charge on any atom is -0.492 e. The molecule has 0 spiro atoms. The Morgan fingerprint density at radius 1 is 1.05 bits per heavy atom. The second kappa shape index (κ2) is 5.74. The Hall–Kier alpha value is -2.36. The van der Waals surface area contributed by atoms with Crippen LogP contribution in [0.4, 0.5) is 5.69 Å². The molecule has 0 atom stereocenters. The highest BCUT2D eigenvalue weighted by Crippen LogP contribution is 2.34. The van der Waals surface area contributed by atoms with Gasteiger partial charge in [0.15, 0.2) is 11.5 Å². The van der Waals surface area contributed by atoms with Gasteiger partial charge in [0.25, 0.3) is 0 Å². The Kier molecular flexibility index (Phi) is 3.63. The molecule has 20 heavy (non-hydrogen) atoms. The van der Waals surface area contributed by atoms with Gasteiger partial charge in [-0.2, -0.15) is 0 Å². The zero-order valence-electron chi connectivity index (χ0n) is 11.4. The molecule has 0 aliphatic carbocycles. The molecule has 0 saturated heterocycles. The summed E-state index contributed by atoms with van der Waals surface area (Å²) in [5.41, 5.74) is 2.23. The lowest BCUT2D eigenvalue weighted by Crippen LogP contribution is -2.11. The summed E-state index contributed by atoms with van der Waals surface area (Å²) in [6, 6.07) is 13.9. The number of benzene rings is 2. The van der Waals surface area contributed by atoms with Crippen LogP contribution in [-0.4, -0.2) is 19.9 Å². The predicted octanol–water partition coefficient (Wildman–Crippen LogP) is 3.21. The maximum absolute atomic E-state index is 5.66. The maximum Gasteiger partial charge on any atom is 0.231 e. The van der Waals surface area contributed by atoms with Gasteiger partial charge in [0.1, 0.15) is 12.4 Å². The van der Waals surface area contributed by atoms with Crippen LogP contribution >= 0.6 is 0 Å². The van der Waals surface area contributed by atoms with Crippen LogP contribution in [0, 0.1) is 6.92 Å². The summed E-state index contributed by atoms with van der Waals surface area (Å²) in [7, 11) is 0. The largest absolute Gasteiger partial charge is 0.492 e. The first-order chi connectivity index (χ1) is 9.81. The third-order valence-corrected chi connectivity index (χ3v) is 3.09. The average Bonchev–Trinajstić information content (AvgIpc) is 2.93. The van der Waals surface area contributed by atoms with E-state index in [0.29, 0.717) is 13.4 Å². The van der Waals surface area contributed by atoms with Crippen molar-refractivity contribution in [3.05, 3.63) is 48.0 Å². The smallest absolute Gasteiger partial charge is 0.231 e. The van der Waals surface area contributed by atoms with E-state index < -0.39 is 0 Å². The first-order valence-corrected chi connectivity index (χ1v) is 6.64. The second-order valence-electron chi connectivity index (χ2n) is 4.66. The van der Waals surface area contributed by atoms with Gasteiger partial charge in [-0.1, -0.05) is 17.7 Å². The number of anilines is 1. The molecule has 3 rings (SSSR count). The predicted molar refractivity (Wildman–Crippen MR) is 77.7 cm³/mol. The molecule has 2 aromatic carbocycles. The van der Waals surface area contributed by atoms with Crippen molar-refractivity contribution in [2.75, 3.05) is 25.3 Å². The quantitative estimate of drug-likeness (QED) is 0.848. The van der Waals surface area contributed by atoms with E-state index >= 15 is 0 Å². The van der Waals surface area contributed by atoms with Crippen molar-refractivity contribution in [1.82, 2.24) is 0 Å². The molecule has 0 fully saturated rings. The summed E-state index contributed by atoms with van der Waals surface area (Å²) >= 11 is 0. The summed E-state index contributed by atoms with van der Waals surface area (Å²) in [4.78, 5) is 0. The van der Waals surface area contributed by atoms with Crippen LogP contribution in [-0.2, 0) is 0 Å². The number of hydrogen-bond acceptors (Lipinski definition) is 4. The molecule has 1 aliphatic heterocycles. The van der Waals surface area contributed by atoms with Crippen LogP contribution < -0.4 is 19.5 Å². The first kappa shape index (κ1) is 12.7. The fraction of sp³-hybridized carbons (Fsp3) is 0.250. The number of ether oxygens (including phenoxy) is 3. The van der Waals surface area contributed by atoms with Gasteiger partial charge in [-0.3, -0.25) is 0 Å². The van der Waals surface area contributed by atoms with E-state index in [9.17, 15) is 0 Å². The molecule has 104 valence electrons. The highest BCUT2D eigenvalue weighted by Gasteiger charge is 2.12. The lowest BCUT2D eigenvalue weighted by Gasteiger charge is -2.09. The Bertz CT molecular complexity index is 581. The van der Waals surface area contributed by atoms with Crippen molar-refractivity contribution >= 4 is 5.69 Å². The number of fused-ring (bicyclic) bond motifs is 1. The molecule has 1 heterocycles. The van der Waals surface area contributed by atoms with Crippen LogP contribution in [0.25, 0.3) is 0 Å². The van der Waals surface area contributed by atoms with E-state index in [1.807, 2.05) is 42.5 Å². The second-order valence-corrected chi connectivity index (χ2v) is 4.66. The van der Waals surface area contributed by atoms with E-state index in [1.165, 1.54) is 5.56 Å². The molecule has 2 aromatic rings. The van der Waals surface area contributed by atoms with Crippen LogP contribution in [0.3, 0.4) is 0 Å². The van der Waals surface area contributed by atoms with Gasteiger partial charge in [-0.05, 0) is 31.2 Å². The third kappa shape index (κ3) is 2.96. The lowest BCUT2D eigenvalue weighted by atomic mass is 10.2. The molecule has 4 nitrogen and oxygen atoms in total. The minimum atomic E-state index is 0.301. The zero-order valence-corrected chi connectivity index (χ0v) is 11.4. The van der Waals surface area contributed by atoms with Crippen molar-refractivity contribution < 1.29 is 14.2 Å². The average molecular weight is 271 g/mol. The van der Waals surface area contributed by atoms with Gasteiger partial charge in [0.05, 0.1) is 0 Å². The van der Waals surface area contributed by atoms with E-state index in [2.05, 4.69) is 12.2 Å². The highest BCUT2D eigenvalue weighted by atomic mass is 16.7. The van der Waals surface area contributed by atoms with E-state index in [0.717, 1.165) is 29.5 Å². The Morgan fingerprint density at radius 2 is 1.85 bits per heavy atom. The molecule has 0 unspecified atom stereocenters. The van der Waals surface area contributed by atoms with Crippen LogP contribution in [0.5, 0.6) is 17.2 Å². The van der Waals surface area contributed by atoms with Gasteiger partial charge < -0.3 is 19.5 Å². The summed E-state index contributed by atoms with van der Waals surface area (Å²) in [5.74, 6) is 2.48. The molecule has 0 radical (unpaired) electrons.